The van der Waals surface area contributed by atoms with E-state index in [9.17, 15) is 14.0 Å². The molecule has 7 heteroatoms. The van der Waals surface area contributed by atoms with E-state index in [0.717, 1.165) is 12.8 Å². The zero-order valence-corrected chi connectivity index (χ0v) is 13.0. The van der Waals surface area contributed by atoms with Crippen LogP contribution in [0.25, 0.3) is 0 Å². The Kier molecular flexibility index (Phi) is 5.60. The van der Waals surface area contributed by atoms with Gasteiger partial charge in [-0.1, -0.05) is 11.6 Å². The van der Waals surface area contributed by atoms with Gasteiger partial charge in [0, 0.05) is 24.2 Å². The number of nitrogens with one attached hydrogen (secondary N) is 1. The van der Waals surface area contributed by atoms with Gasteiger partial charge >= 0.3 is 6.09 Å². The van der Waals surface area contributed by atoms with Crippen LogP contribution >= 0.6 is 11.6 Å². The number of benzene rings is 1. The maximum atomic E-state index is 13.8. The molecule has 1 saturated heterocycles. The number of likely N-dealkylation sites (tertiary alicyclic amines) is 1. The summed E-state index contributed by atoms with van der Waals surface area (Å²) in [6.07, 6.45) is 0.974. The van der Waals surface area contributed by atoms with Crippen LogP contribution in [0.1, 0.15) is 30.1 Å². The predicted molar refractivity (Wildman–Crippen MR) is 80.5 cm³/mol. The SMILES string of the molecule is CCOC(=O)N[C@H]1CCCN(C(=O)c2cc(Cl)ccc2F)C1. The number of ether oxygens (including phenoxy) is 1. The molecule has 1 aromatic carbocycles. The number of alkyl carbamates (subject to hydrolysis) is 1. The Morgan fingerprint density at radius 3 is 3.00 bits per heavy atom. The summed E-state index contributed by atoms with van der Waals surface area (Å²) >= 11 is 5.82. The van der Waals surface area contributed by atoms with Crippen LogP contribution in [0.2, 0.25) is 5.02 Å². The molecule has 1 aliphatic rings. The summed E-state index contributed by atoms with van der Waals surface area (Å²) in [5, 5.41) is 3.02. The van der Waals surface area contributed by atoms with Gasteiger partial charge in [-0.2, -0.15) is 0 Å². The van der Waals surface area contributed by atoms with E-state index in [1.54, 1.807) is 6.92 Å². The molecular formula is C15H18ClFN2O3. The Morgan fingerprint density at radius 2 is 2.27 bits per heavy atom. The number of nitrogens with zero attached hydrogens (tertiary/aromatic N) is 1. The molecule has 0 saturated carbocycles. The molecule has 0 aromatic heterocycles. The second-order valence-corrected chi connectivity index (χ2v) is 5.52. The fraction of sp³-hybridized carbons (Fsp3) is 0.467. The van der Waals surface area contributed by atoms with E-state index >= 15 is 0 Å². The van der Waals surface area contributed by atoms with Crippen LogP contribution < -0.4 is 5.32 Å². The molecule has 1 fully saturated rings. The van der Waals surface area contributed by atoms with Crippen molar-refractivity contribution in [2.45, 2.75) is 25.8 Å². The first-order valence-corrected chi connectivity index (χ1v) is 7.56. The second kappa shape index (κ2) is 7.45. The molecular weight excluding hydrogens is 311 g/mol. The van der Waals surface area contributed by atoms with E-state index < -0.39 is 17.8 Å². The third-order valence-corrected chi connectivity index (χ3v) is 3.70. The van der Waals surface area contributed by atoms with E-state index in [1.807, 2.05) is 0 Å². The van der Waals surface area contributed by atoms with Crippen LogP contribution in [0.15, 0.2) is 18.2 Å². The number of hydrogen-bond acceptors (Lipinski definition) is 3. The van der Waals surface area contributed by atoms with E-state index in [0.29, 0.717) is 18.1 Å². The van der Waals surface area contributed by atoms with E-state index in [1.165, 1.54) is 23.1 Å². The number of piperidine rings is 1. The fourth-order valence-corrected chi connectivity index (χ4v) is 2.62. The van der Waals surface area contributed by atoms with Crippen molar-refractivity contribution in [1.82, 2.24) is 10.2 Å². The predicted octanol–water partition coefficient (Wildman–Crippen LogP) is 2.83. The lowest BCUT2D eigenvalue weighted by Gasteiger charge is -2.33. The van der Waals surface area contributed by atoms with E-state index in [2.05, 4.69) is 5.32 Å². The van der Waals surface area contributed by atoms with Gasteiger partial charge in [-0.15, -0.1) is 0 Å². The molecule has 0 bridgehead atoms. The first kappa shape index (κ1) is 16.5. The summed E-state index contributed by atoms with van der Waals surface area (Å²) in [5.41, 5.74) is -0.0516. The average Bonchev–Trinajstić information content (AvgIpc) is 2.49. The van der Waals surface area contributed by atoms with E-state index in [4.69, 9.17) is 16.3 Å². The lowest BCUT2D eigenvalue weighted by Crippen LogP contribution is -2.49. The smallest absolute Gasteiger partial charge is 0.407 e. The molecule has 0 aliphatic carbocycles. The molecule has 5 nitrogen and oxygen atoms in total. The first-order chi connectivity index (χ1) is 10.5. The topological polar surface area (TPSA) is 58.6 Å². The van der Waals surface area contributed by atoms with Crippen molar-refractivity contribution in [3.8, 4) is 0 Å². The second-order valence-electron chi connectivity index (χ2n) is 5.08. The first-order valence-electron chi connectivity index (χ1n) is 7.19. The highest BCUT2D eigenvalue weighted by atomic mass is 35.5. The molecule has 1 aromatic rings. The molecule has 22 heavy (non-hydrogen) atoms. The van der Waals surface area contributed by atoms with Crippen molar-refractivity contribution < 1.29 is 18.7 Å². The Morgan fingerprint density at radius 1 is 1.50 bits per heavy atom. The molecule has 2 amide bonds. The van der Waals surface area contributed by atoms with Gasteiger partial charge in [0.05, 0.1) is 12.2 Å². The lowest BCUT2D eigenvalue weighted by atomic mass is 10.0. The van der Waals surface area contributed by atoms with Crippen molar-refractivity contribution in [2.24, 2.45) is 0 Å². The van der Waals surface area contributed by atoms with Gasteiger partial charge in [0.15, 0.2) is 0 Å². The number of carbonyl (C=O) groups excluding carboxylic acids is 2. The molecule has 1 atom stereocenters. The molecule has 0 radical (unpaired) electrons. The summed E-state index contributed by atoms with van der Waals surface area (Å²) in [6.45, 7) is 2.85. The minimum Gasteiger partial charge on any atom is -0.450 e. The summed E-state index contributed by atoms with van der Waals surface area (Å²) < 4.78 is 18.6. The maximum absolute atomic E-state index is 13.8. The number of amides is 2. The largest absolute Gasteiger partial charge is 0.450 e. The third kappa shape index (κ3) is 4.10. The average molecular weight is 329 g/mol. The van der Waals surface area contributed by atoms with Gasteiger partial charge in [-0.25, -0.2) is 9.18 Å². The van der Waals surface area contributed by atoms with Gasteiger partial charge in [-0.05, 0) is 38.0 Å². The normalized spacial score (nSPS) is 18.0. The maximum Gasteiger partial charge on any atom is 0.407 e. The third-order valence-electron chi connectivity index (χ3n) is 3.46. The number of rotatable bonds is 3. The monoisotopic (exact) mass is 328 g/mol. The lowest BCUT2D eigenvalue weighted by molar-refractivity contribution is 0.0681. The highest BCUT2D eigenvalue weighted by molar-refractivity contribution is 6.31. The van der Waals surface area contributed by atoms with Crippen LogP contribution in [0.4, 0.5) is 9.18 Å². The van der Waals surface area contributed by atoms with Gasteiger partial charge in [0.1, 0.15) is 5.82 Å². The molecule has 0 unspecified atom stereocenters. The van der Waals surface area contributed by atoms with Gasteiger partial charge in [0.25, 0.3) is 5.91 Å². The van der Waals surface area contributed by atoms with Crippen molar-refractivity contribution in [1.29, 1.82) is 0 Å². The molecule has 1 N–H and O–H groups in total. The molecule has 0 spiro atoms. The van der Waals surface area contributed by atoms with Crippen LogP contribution in [-0.4, -0.2) is 42.6 Å². The van der Waals surface area contributed by atoms with E-state index in [-0.39, 0.29) is 18.2 Å². The van der Waals surface area contributed by atoms with Crippen LogP contribution in [0.5, 0.6) is 0 Å². The Hall–Kier alpha value is -1.82. The Labute approximate surface area is 133 Å². The standard InChI is InChI=1S/C15H18ClFN2O3/c1-2-22-15(21)18-11-4-3-7-19(9-11)14(20)12-8-10(16)5-6-13(12)17/h5-6,8,11H,2-4,7,9H2,1H3,(H,18,21)/t11-/m0/s1. The minimum absolute atomic E-state index is 0.0516. The number of carbonyl (C=O) groups is 2. The van der Waals surface area contributed by atoms with Crippen LogP contribution in [0.3, 0.4) is 0 Å². The minimum atomic E-state index is -0.602. The zero-order chi connectivity index (χ0) is 16.1. The summed E-state index contributed by atoms with van der Waals surface area (Å²) in [5.74, 6) is -1.02. The summed E-state index contributed by atoms with van der Waals surface area (Å²) in [6, 6.07) is 3.70. The van der Waals surface area contributed by atoms with Crippen molar-refractivity contribution in [3.05, 3.63) is 34.6 Å². The van der Waals surface area contributed by atoms with Gasteiger partial charge < -0.3 is 15.0 Å². The van der Waals surface area contributed by atoms with Gasteiger partial charge in [-0.3, -0.25) is 4.79 Å². The molecule has 1 heterocycles. The van der Waals surface area contributed by atoms with Crippen LogP contribution in [0, 0.1) is 5.82 Å². The van der Waals surface area contributed by atoms with Crippen LogP contribution in [-0.2, 0) is 4.74 Å². The number of halogens is 2. The summed E-state index contributed by atoms with van der Waals surface area (Å²) in [4.78, 5) is 25.4. The quantitative estimate of drug-likeness (QED) is 0.928. The Balaban J connectivity index is 2.04. The highest BCUT2D eigenvalue weighted by Crippen LogP contribution is 2.19. The van der Waals surface area contributed by atoms with Gasteiger partial charge in [0.2, 0.25) is 0 Å². The highest BCUT2D eigenvalue weighted by Gasteiger charge is 2.27. The molecule has 1 aliphatic heterocycles. The fourth-order valence-electron chi connectivity index (χ4n) is 2.45. The van der Waals surface area contributed by atoms with Crippen molar-refractivity contribution in [2.75, 3.05) is 19.7 Å². The molecule has 120 valence electrons. The van der Waals surface area contributed by atoms with Crippen molar-refractivity contribution in [3.63, 3.8) is 0 Å². The molecule has 2 rings (SSSR count). The number of hydrogen-bond donors (Lipinski definition) is 1. The van der Waals surface area contributed by atoms with Crippen molar-refractivity contribution >= 4 is 23.6 Å². The Bertz CT molecular complexity index is 568. The summed E-state index contributed by atoms with van der Waals surface area (Å²) in [7, 11) is 0. The zero-order valence-electron chi connectivity index (χ0n) is 12.3.